The Bertz CT molecular complexity index is 463. The fraction of sp³-hybridized carbons (Fsp3) is 0.500. The number of carbonyl (C=O) groups excluding carboxylic acids is 1. The highest BCUT2D eigenvalue weighted by Crippen LogP contribution is 2.22. The molecule has 2 rings (SSSR count). The molecule has 1 aromatic carbocycles. The number of nitriles is 1. The van der Waals surface area contributed by atoms with E-state index in [0.717, 1.165) is 31.5 Å². The highest BCUT2D eigenvalue weighted by Gasteiger charge is 2.30. The highest BCUT2D eigenvalue weighted by molar-refractivity contribution is 5.81. The van der Waals surface area contributed by atoms with E-state index in [1.165, 1.54) is 0 Å². The van der Waals surface area contributed by atoms with Gasteiger partial charge in [-0.1, -0.05) is 43.7 Å². The zero-order valence-corrected chi connectivity index (χ0v) is 11.4. The Morgan fingerprint density at radius 2 is 2.21 bits per heavy atom. The molecule has 100 valence electrons. The van der Waals surface area contributed by atoms with E-state index in [2.05, 4.69) is 13.0 Å². The second kappa shape index (κ2) is 6.38. The van der Waals surface area contributed by atoms with Crippen molar-refractivity contribution >= 4 is 5.91 Å². The minimum atomic E-state index is -0.544. The molecule has 1 amide bonds. The zero-order valence-electron chi connectivity index (χ0n) is 11.4. The van der Waals surface area contributed by atoms with Gasteiger partial charge in [-0.3, -0.25) is 4.79 Å². The Morgan fingerprint density at radius 1 is 1.47 bits per heavy atom. The Kier molecular flexibility index (Phi) is 4.57. The first kappa shape index (κ1) is 13.6. The van der Waals surface area contributed by atoms with Crippen molar-refractivity contribution < 1.29 is 4.79 Å². The van der Waals surface area contributed by atoms with Crippen molar-refractivity contribution in [3.8, 4) is 6.07 Å². The third-order valence-corrected chi connectivity index (χ3v) is 3.91. The molecule has 0 bridgehead atoms. The van der Waals surface area contributed by atoms with Crippen molar-refractivity contribution in [2.75, 3.05) is 13.1 Å². The molecule has 1 aliphatic rings. The molecule has 1 heterocycles. The topological polar surface area (TPSA) is 44.1 Å². The molecule has 2 atom stereocenters. The summed E-state index contributed by atoms with van der Waals surface area (Å²) in [4.78, 5) is 14.2. The van der Waals surface area contributed by atoms with Crippen LogP contribution < -0.4 is 0 Å². The molecule has 0 spiro atoms. The summed E-state index contributed by atoms with van der Waals surface area (Å²) in [5.41, 5.74) is 1.05. The Hall–Kier alpha value is -1.82. The molecule has 0 N–H and O–H groups in total. The van der Waals surface area contributed by atoms with Crippen molar-refractivity contribution in [3.05, 3.63) is 35.9 Å². The highest BCUT2D eigenvalue weighted by atomic mass is 16.2. The van der Waals surface area contributed by atoms with Gasteiger partial charge < -0.3 is 4.90 Å². The molecule has 0 aromatic heterocycles. The van der Waals surface area contributed by atoms with Gasteiger partial charge in [-0.05, 0) is 24.3 Å². The Labute approximate surface area is 114 Å². The maximum Gasteiger partial charge on any atom is 0.240 e. The standard InChI is InChI=1S/C16H20N2O/c1-2-13-8-9-18(12-13)16(19)15(11-17)10-14-6-4-3-5-7-14/h3-7,13,15H,2,8-10,12H2,1H3. The molecule has 0 aliphatic carbocycles. The number of amides is 1. The minimum absolute atomic E-state index is 0.00213. The van der Waals surface area contributed by atoms with Crippen LogP contribution in [-0.4, -0.2) is 23.9 Å². The van der Waals surface area contributed by atoms with Gasteiger partial charge in [0, 0.05) is 13.1 Å². The summed E-state index contributed by atoms with van der Waals surface area (Å²) in [5, 5.41) is 9.24. The van der Waals surface area contributed by atoms with Crippen LogP contribution in [-0.2, 0) is 11.2 Å². The molecule has 19 heavy (non-hydrogen) atoms. The van der Waals surface area contributed by atoms with Crippen LogP contribution in [0.4, 0.5) is 0 Å². The van der Waals surface area contributed by atoms with E-state index in [4.69, 9.17) is 0 Å². The number of benzene rings is 1. The lowest BCUT2D eigenvalue weighted by molar-refractivity contribution is -0.132. The maximum absolute atomic E-state index is 12.3. The molecule has 1 aromatic rings. The van der Waals surface area contributed by atoms with Crippen LogP contribution in [0.3, 0.4) is 0 Å². The summed E-state index contributed by atoms with van der Waals surface area (Å²) in [7, 11) is 0. The molecule has 1 aliphatic heterocycles. The lowest BCUT2D eigenvalue weighted by Crippen LogP contribution is -2.34. The summed E-state index contributed by atoms with van der Waals surface area (Å²) in [6.07, 6.45) is 2.70. The van der Waals surface area contributed by atoms with Gasteiger partial charge >= 0.3 is 0 Å². The normalized spacial score (nSPS) is 20.0. The number of carbonyl (C=O) groups is 1. The fourth-order valence-corrected chi connectivity index (χ4v) is 2.62. The lowest BCUT2D eigenvalue weighted by atomic mass is 9.99. The van der Waals surface area contributed by atoms with E-state index in [9.17, 15) is 10.1 Å². The summed E-state index contributed by atoms with van der Waals surface area (Å²) in [6.45, 7) is 3.79. The largest absolute Gasteiger partial charge is 0.341 e. The number of hydrogen-bond acceptors (Lipinski definition) is 2. The van der Waals surface area contributed by atoms with Gasteiger partial charge in [0.05, 0.1) is 6.07 Å². The predicted molar refractivity (Wildman–Crippen MR) is 74.2 cm³/mol. The van der Waals surface area contributed by atoms with E-state index in [1.807, 2.05) is 35.2 Å². The van der Waals surface area contributed by atoms with E-state index < -0.39 is 5.92 Å². The SMILES string of the molecule is CCC1CCN(C(=O)C(C#N)Cc2ccccc2)C1. The predicted octanol–water partition coefficient (Wildman–Crippen LogP) is 2.63. The van der Waals surface area contributed by atoms with Gasteiger partial charge in [0.1, 0.15) is 5.92 Å². The Balaban J connectivity index is 1.99. The molecule has 1 saturated heterocycles. The summed E-state index contributed by atoms with van der Waals surface area (Å²) in [6, 6.07) is 11.9. The lowest BCUT2D eigenvalue weighted by Gasteiger charge is -2.19. The van der Waals surface area contributed by atoms with Crippen LogP contribution in [0.2, 0.25) is 0 Å². The number of nitrogens with zero attached hydrogens (tertiary/aromatic N) is 2. The van der Waals surface area contributed by atoms with Gasteiger partial charge in [0.15, 0.2) is 0 Å². The number of rotatable bonds is 4. The van der Waals surface area contributed by atoms with Crippen LogP contribution in [0.1, 0.15) is 25.3 Å². The summed E-state index contributed by atoms with van der Waals surface area (Å²) < 4.78 is 0. The quantitative estimate of drug-likeness (QED) is 0.831. The average Bonchev–Trinajstić information content (AvgIpc) is 2.94. The third-order valence-electron chi connectivity index (χ3n) is 3.91. The van der Waals surface area contributed by atoms with Crippen molar-refractivity contribution in [2.24, 2.45) is 11.8 Å². The molecule has 0 radical (unpaired) electrons. The Morgan fingerprint density at radius 3 is 2.79 bits per heavy atom. The number of hydrogen-bond donors (Lipinski definition) is 0. The van der Waals surface area contributed by atoms with E-state index in [0.29, 0.717) is 12.3 Å². The first-order valence-corrected chi connectivity index (χ1v) is 6.97. The molecular formula is C16H20N2O. The molecule has 3 nitrogen and oxygen atoms in total. The molecule has 1 fully saturated rings. The summed E-state index contributed by atoms with van der Waals surface area (Å²) >= 11 is 0. The maximum atomic E-state index is 12.3. The van der Waals surface area contributed by atoms with Gasteiger partial charge in [-0.2, -0.15) is 5.26 Å². The first-order chi connectivity index (χ1) is 9.24. The van der Waals surface area contributed by atoms with Crippen LogP contribution in [0, 0.1) is 23.2 Å². The van der Waals surface area contributed by atoms with E-state index >= 15 is 0 Å². The smallest absolute Gasteiger partial charge is 0.240 e. The molecular weight excluding hydrogens is 236 g/mol. The van der Waals surface area contributed by atoms with E-state index in [-0.39, 0.29) is 5.91 Å². The molecule has 2 unspecified atom stereocenters. The van der Waals surface area contributed by atoms with E-state index in [1.54, 1.807) is 0 Å². The van der Waals surface area contributed by atoms with Crippen LogP contribution >= 0.6 is 0 Å². The molecule has 0 saturated carbocycles. The van der Waals surface area contributed by atoms with Gasteiger partial charge in [0.2, 0.25) is 5.91 Å². The zero-order chi connectivity index (χ0) is 13.7. The monoisotopic (exact) mass is 256 g/mol. The first-order valence-electron chi connectivity index (χ1n) is 6.97. The second-order valence-corrected chi connectivity index (χ2v) is 5.22. The van der Waals surface area contributed by atoms with Crippen molar-refractivity contribution in [2.45, 2.75) is 26.2 Å². The number of likely N-dealkylation sites (tertiary alicyclic amines) is 1. The summed E-state index contributed by atoms with van der Waals surface area (Å²) in [5.74, 6) is 0.0697. The molecule has 3 heteroatoms. The van der Waals surface area contributed by atoms with Crippen molar-refractivity contribution in [1.82, 2.24) is 4.90 Å². The van der Waals surface area contributed by atoms with Crippen molar-refractivity contribution in [3.63, 3.8) is 0 Å². The van der Waals surface area contributed by atoms with Crippen molar-refractivity contribution in [1.29, 1.82) is 5.26 Å². The van der Waals surface area contributed by atoms with Crippen LogP contribution in [0.5, 0.6) is 0 Å². The fourth-order valence-electron chi connectivity index (χ4n) is 2.62. The van der Waals surface area contributed by atoms with Crippen LogP contribution in [0.25, 0.3) is 0 Å². The second-order valence-electron chi connectivity index (χ2n) is 5.22. The third kappa shape index (κ3) is 3.35. The minimum Gasteiger partial charge on any atom is -0.341 e. The van der Waals surface area contributed by atoms with Gasteiger partial charge in [-0.25, -0.2) is 0 Å². The van der Waals surface area contributed by atoms with Gasteiger partial charge in [-0.15, -0.1) is 0 Å². The van der Waals surface area contributed by atoms with Crippen LogP contribution in [0.15, 0.2) is 30.3 Å². The van der Waals surface area contributed by atoms with Gasteiger partial charge in [0.25, 0.3) is 0 Å². The average molecular weight is 256 g/mol.